The van der Waals surface area contributed by atoms with Crippen molar-refractivity contribution in [1.82, 2.24) is 20.0 Å². The quantitative estimate of drug-likeness (QED) is 0.0873. The summed E-state index contributed by atoms with van der Waals surface area (Å²) in [6, 6.07) is 36.2. The monoisotopic (exact) mass is 999 g/mol. The number of carbonyl (C=O) groups is 5. The normalized spacial score (nSPS) is 23.0. The van der Waals surface area contributed by atoms with Gasteiger partial charge < -0.3 is 29.5 Å². The van der Waals surface area contributed by atoms with Gasteiger partial charge in [-0.05, 0) is 84.0 Å². The molecule has 0 radical (unpaired) electrons. The first-order valence-electron chi connectivity index (χ1n) is 25.8. The van der Waals surface area contributed by atoms with Gasteiger partial charge in [-0.25, -0.2) is 14.5 Å². The molecule has 4 aliphatic heterocycles. The molecular formula is C60H65N5O9. The average Bonchev–Trinajstić information content (AvgIpc) is 3.89. The summed E-state index contributed by atoms with van der Waals surface area (Å²) in [7, 11) is 3.22. The third-order valence-electron chi connectivity index (χ3n) is 14.9. The van der Waals surface area contributed by atoms with Crippen molar-refractivity contribution in [2.24, 2.45) is 11.8 Å². The van der Waals surface area contributed by atoms with E-state index in [9.17, 15) is 9.90 Å². The summed E-state index contributed by atoms with van der Waals surface area (Å²) in [5, 5.41) is 12.7. The maximum absolute atomic E-state index is 16.9. The van der Waals surface area contributed by atoms with Crippen LogP contribution in [0.1, 0.15) is 97.5 Å². The van der Waals surface area contributed by atoms with Gasteiger partial charge in [0.25, 0.3) is 0 Å². The number of amides is 4. The van der Waals surface area contributed by atoms with E-state index in [1.807, 2.05) is 96.9 Å². The zero-order valence-corrected chi connectivity index (χ0v) is 42.5. The molecule has 0 aliphatic carbocycles. The second-order valence-corrected chi connectivity index (χ2v) is 20.0. The Balaban J connectivity index is 1.33. The Morgan fingerprint density at radius 2 is 1.46 bits per heavy atom. The number of methoxy groups -OCH3 is 1. The molecule has 4 aliphatic rings. The number of anilines is 1. The van der Waals surface area contributed by atoms with Crippen LogP contribution in [0.2, 0.25) is 0 Å². The van der Waals surface area contributed by atoms with Crippen molar-refractivity contribution in [2.45, 2.75) is 88.2 Å². The largest absolute Gasteiger partial charge is 0.491 e. The van der Waals surface area contributed by atoms with E-state index in [0.717, 1.165) is 48.1 Å². The number of ether oxygens (including phenoxy) is 3. The number of fused-ring (bicyclic) bond motifs is 3. The Hall–Kier alpha value is -7.31. The highest BCUT2D eigenvalue weighted by Gasteiger charge is 2.76. The zero-order chi connectivity index (χ0) is 51.9. The molecule has 4 amide bonds. The van der Waals surface area contributed by atoms with Crippen molar-refractivity contribution in [3.63, 3.8) is 0 Å². The molecule has 7 atom stereocenters. The fraction of sp³-hybridized carbons (Fsp3) is 0.383. The highest BCUT2D eigenvalue weighted by molar-refractivity contribution is 6.25. The first-order chi connectivity index (χ1) is 36.0. The van der Waals surface area contributed by atoms with Crippen LogP contribution in [0, 0.1) is 23.7 Å². The van der Waals surface area contributed by atoms with Gasteiger partial charge in [0.1, 0.15) is 36.0 Å². The molecule has 0 saturated carbocycles. The lowest BCUT2D eigenvalue weighted by molar-refractivity contribution is -0.179. The standard InChI is InChI=1S/C60H65N5O9/c1-40(2)50(56(68)72-4)61-59(71)64-48-31-30-41(23-20-32-62(3)39-42-21-11-8-12-22-42)37-47(48)60(58(64)70)49(55(67)63-33-17-6-5-7-18-34-63)52-57(69)74-53(44-26-15-10-16-27-44)51(43-24-13-9-14-25-43)65(52)54(60)45-28-19-29-46(38-45)73-36-35-66/h8-16,19,21-22,24-31,37-38,40,49-54,66H,5-7,17-18,32-36,39H2,1-4H3,(H,61,71)/t49-,50-,51-,52-,53+,54+,60-/m0/s1. The number of rotatable bonds is 13. The Bertz CT molecular complexity index is 2880. The van der Waals surface area contributed by atoms with E-state index < -0.39 is 77.3 Å². The van der Waals surface area contributed by atoms with Crippen molar-refractivity contribution in [3.8, 4) is 17.6 Å². The Labute approximate surface area is 433 Å². The predicted octanol–water partition coefficient (Wildman–Crippen LogP) is 7.91. The first-order valence-corrected chi connectivity index (χ1v) is 25.8. The van der Waals surface area contributed by atoms with Gasteiger partial charge in [0.2, 0.25) is 11.8 Å². The summed E-state index contributed by atoms with van der Waals surface area (Å²) in [6.45, 7) is 5.11. The number of urea groups is 1. The topological polar surface area (TPSA) is 158 Å². The van der Waals surface area contributed by atoms with E-state index in [4.69, 9.17) is 14.2 Å². The van der Waals surface area contributed by atoms with Gasteiger partial charge in [-0.3, -0.25) is 24.2 Å². The van der Waals surface area contributed by atoms with E-state index >= 15 is 19.2 Å². The van der Waals surface area contributed by atoms with Crippen LogP contribution in [-0.2, 0) is 40.6 Å². The third kappa shape index (κ3) is 10.0. The summed E-state index contributed by atoms with van der Waals surface area (Å²) in [5.74, 6) is 2.60. The number of hydrogen-bond acceptors (Lipinski definition) is 11. The van der Waals surface area contributed by atoms with E-state index in [-0.39, 0.29) is 18.9 Å². The van der Waals surface area contributed by atoms with E-state index in [1.165, 1.54) is 7.11 Å². The molecule has 0 bridgehead atoms. The fourth-order valence-electron chi connectivity index (χ4n) is 11.6. The SMILES string of the molecule is COC(=O)[C@@H](NC(=O)N1C(=O)[C@@]2(c3cc(C#CCN(C)Cc4ccccc4)ccc31)[C@H](C(=O)N1CCCCCCC1)[C@H]1C(=O)O[C@H](c3ccccc3)[C@H](c3ccccc3)N1[C@@H]2c1cccc(OCCO)c1)C(C)C. The summed E-state index contributed by atoms with van der Waals surface area (Å²) in [5.41, 5.74) is 2.11. The zero-order valence-electron chi connectivity index (χ0n) is 42.5. The predicted molar refractivity (Wildman–Crippen MR) is 279 cm³/mol. The number of cyclic esters (lactones) is 1. The number of hydrogen-bond donors (Lipinski definition) is 2. The van der Waals surface area contributed by atoms with Gasteiger partial charge in [-0.15, -0.1) is 0 Å². The van der Waals surface area contributed by atoms with Gasteiger partial charge in [-0.2, -0.15) is 0 Å². The Kier molecular flexibility index (Phi) is 15.9. The smallest absolute Gasteiger partial charge is 0.329 e. The Morgan fingerprint density at radius 1 is 0.811 bits per heavy atom. The molecule has 5 aromatic rings. The molecule has 3 saturated heterocycles. The van der Waals surface area contributed by atoms with E-state index in [0.29, 0.717) is 54.2 Å². The molecule has 74 heavy (non-hydrogen) atoms. The van der Waals surface area contributed by atoms with Gasteiger partial charge in [0, 0.05) is 25.2 Å². The lowest BCUT2D eigenvalue weighted by atomic mass is 9.64. The minimum Gasteiger partial charge on any atom is -0.491 e. The highest BCUT2D eigenvalue weighted by atomic mass is 16.6. The highest BCUT2D eigenvalue weighted by Crippen LogP contribution is 2.66. The molecule has 4 heterocycles. The number of aliphatic hydroxyl groups is 1. The summed E-state index contributed by atoms with van der Waals surface area (Å²) < 4.78 is 17.9. The number of carbonyl (C=O) groups excluding carboxylic acids is 5. The molecule has 2 N–H and O–H groups in total. The lowest BCUT2D eigenvalue weighted by Gasteiger charge is -2.46. The van der Waals surface area contributed by atoms with Crippen LogP contribution in [0.3, 0.4) is 0 Å². The molecule has 0 aromatic heterocycles. The number of likely N-dealkylation sites (tertiary alicyclic amines) is 1. The lowest BCUT2D eigenvalue weighted by Crippen LogP contribution is -2.58. The Morgan fingerprint density at radius 3 is 2.12 bits per heavy atom. The minimum atomic E-state index is -2.04. The average molecular weight is 1000 g/mol. The van der Waals surface area contributed by atoms with Crippen LogP contribution in [0.5, 0.6) is 5.75 Å². The summed E-state index contributed by atoms with van der Waals surface area (Å²) >= 11 is 0. The fourth-order valence-corrected chi connectivity index (χ4v) is 11.6. The maximum Gasteiger partial charge on any atom is 0.329 e. The number of benzene rings is 5. The van der Waals surface area contributed by atoms with Gasteiger partial charge in [-0.1, -0.05) is 148 Å². The van der Waals surface area contributed by atoms with Crippen molar-refractivity contribution in [1.29, 1.82) is 0 Å². The van der Waals surface area contributed by atoms with Crippen LogP contribution in [0.15, 0.2) is 133 Å². The maximum atomic E-state index is 16.9. The van der Waals surface area contributed by atoms with Crippen molar-refractivity contribution in [2.75, 3.05) is 51.9 Å². The first kappa shape index (κ1) is 51.6. The third-order valence-corrected chi connectivity index (χ3v) is 14.9. The van der Waals surface area contributed by atoms with E-state index in [2.05, 4.69) is 34.2 Å². The minimum absolute atomic E-state index is 0.0216. The molecule has 14 heteroatoms. The number of imide groups is 1. The molecule has 14 nitrogen and oxygen atoms in total. The number of nitrogens with zero attached hydrogens (tertiary/aromatic N) is 4. The van der Waals surface area contributed by atoms with Crippen molar-refractivity contribution >= 4 is 35.5 Å². The van der Waals surface area contributed by atoms with E-state index in [1.54, 1.807) is 55.1 Å². The molecule has 1 spiro atoms. The number of morpholine rings is 1. The van der Waals surface area contributed by atoms with Crippen LogP contribution < -0.4 is 15.0 Å². The summed E-state index contributed by atoms with van der Waals surface area (Å²) in [4.78, 5) is 84.5. The molecule has 5 aromatic carbocycles. The van der Waals surface area contributed by atoms with Crippen LogP contribution in [0.25, 0.3) is 0 Å². The van der Waals surface area contributed by atoms with Crippen LogP contribution in [-0.4, -0.2) is 109 Å². The second kappa shape index (κ2) is 22.8. The van der Waals surface area contributed by atoms with Crippen LogP contribution in [0.4, 0.5) is 10.5 Å². The molecular weight excluding hydrogens is 935 g/mol. The number of esters is 2. The van der Waals surface area contributed by atoms with Gasteiger partial charge >= 0.3 is 18.0 Å². The number of nitrogens with one attached hydrogen (secondary N) is 1. The molecule has 9 rings (SSSR count). The number of aliphatic hydroxyl groups excluding tert-OH is 1. The van der Waals surface area contributed by atoms with Crippen molar-refractivity contribution in [3.05, 3.63) is 167 Å². The van der Waals surface area contributed by atoms with Gasteiger partial charge in [0.15, 0.2) is 0 Å². The van der Waals surface area contributed by atoms with Crippen molar-refractivity contribution < 1.29 is 43.3 Å². The molecule has 0 unspecified atom stereocenters. The second-order valence-electron chi connectivity index (χ2n) is 20.0. The summed E-state index contributed by atoms with van der Waals surface area (Å²) in [6.07, 6.45) is 3.37. The molecule has 384 valence electrons. The molecule has 3 fully saturated rings. The van der Waals surface area contributed by atoms with Gasteiger partial charge in [0.05, 0.1) is 44.0 Å². The van der Waals surface area contributed by atoms with Crippen LogP contribution >= 0.6 is 0 Å².